The van der Waals surface area contributed by atoms with E-state index >= 15 is 0 Å². The molecule has 1 fully saturated rings. The molecule has 2 aromatic rings. The van der Waals surface area contributed by atoms with Crippen LogP contribution in [0, 0.1) is 0 Å². The Hall–Kier alpha value is -2.66. The summed E-state index contributed by atoms with van der Waals surface area (Å²) in [6.07, 6.45) is -0.982. The summed E-state index contributed by atoms with van der Waals surface area (Å²) in [5.74, 6) is -0.925. The van der Waals surface area contributed by atoms with Gasteiger partial charge in [0.1, 0.15) is 6.04 Å². The van der Waals surface area contributed by atoms with Gasteiger partial charge in [-0.2, -0.15) is 0 Å². The normalized spacial score (nSPS) is 23.3. The highest BCUT2D eigenvalue weighted by molar-refractivity contribution is 5.84. The van der Waals surface area contributed by atoms with Crippen molar-refractivity contribution in [3.05, 3.63) is 71.8 Å². The van der Waals surface area contributed by atoms with Crippen LogP contribution in [0.5, 0.6) is 0 Å². The molecule has 0 amide bonds. The Balaban J connectivity index is 2.00. The number of carbonyl (C=O) groups excluding carboxylic acids is 2. The zero-order valence-corrected chi connectivity index (χ0v) is 15.0. The third kappa shape index (κ3) is 3.78. The second kappa shape index (κ2) is 8.15. The maximum atomic E-state index is 12.5. The molecule has 0 bridgehead atoms. The Bertz CT molecular complexity index is 747. The molecule has 5 nitrogen and oxygen atoms in total. The number of cyclic esters (lactones) is 1. The number of hydrogen-bond donors (Lipinski definition) is 0. The molecule has 3 rings (SSSR count). The minimum atomic E-state index is -0.982. The highest BCUT2D eigenvalue weighted by Gasteiger charge is 2.46. The monoisotopic (exact) mass is 353 g/mol. The number of nitrogens with zero attached hydrogens (tertiary/aromatic N) is 1. The molecule has 1 unspecified atom stereocenters. The number of esters is 2. The molecule has 0 saturated carbocycles. The van der Waals surface area contributed by atoms with Crippen LogP contribution in [0.3, 0.4) is 0 Å². The van der Waals surface area contributed by atoms with Crippen molar-refractivity contribution in [3.63, 3.8) is 0 Å². The molecule has 1 aliphatic heterocycles. The van der Waals surface area contributed by atoms with Crippen molar-refractivity contribution in [2.24, 2.45) is 0 Å². The van der Waals surface area contributed by atoms with E-state index < -0.39 is 30.1 Å². The zero-order valence-electron chi connectivity index (χ0n) is 15.0. The van der Waals surface area contributed by atoms with Crippen LogP contribution in [-0.2, 0) is 25.6 Å². The fraction of sp³-hybridized carbons (Fsp3) is 0.333. The van der Waals surface area contributed by atoms with Crippen molar-refractivity contribution in [2.75, 3.05) is 6.61 Å². The average Bonchev–Trinajstić information content (AvgIpc) is 2.67. The second-order valence-electron chi connectivity index (χ2n) is 6.30. The number of ether oxygens (including phenoxy) is 2. The lowest BCUT2D eigenvalue weighted by atomic mass is 9.95. The maximum Gasteiger partial charge on any atom is 0.349 e. The largest absolute Gasteiger partial charge is 0.463 e. The van der Waals surface area contributed by atoms with Crippen LogP contribution < -0.4 is 0 Å². The summed E-state index contributed by atoms with van der Waals surface area (Å²) >= 11 is 0. The lowest BCUT2D eigenvalue weighted by Gasteiger charge is -2.43. The summed E-state index contributed by atoms with van der Waals surface area (Å²) in [6.45, 7) is 4.32. The van der Waals surface area contributed by atoms with Crippen LogP contribution in [0.15, 0.2) is 60.7 Å². The van der Waals surface area contributed by atoms with E-state index in [1.165, 1.54) is 0 Å². The first-order valence-corrected chi connectivity index (χ1v) is 8.83. The predicted molar refractivity (Wildman–Crippen MR) is 97.1 cm³/mol. The van der Waals surface area contributed by atoms with Gasteiger partial charge in [-0.25, -0.2) is 4.79 Å². The number of carbonyl (C=O) groups is 2. The molecule has 0 radical (unpaired) electrons. The molecule has 1 saturated heterocycles. The van der Waals surface area contributed by atoms with E-state index in [9.17, 15) is 9.59 Å². The Morgan fingerprint density at radius 1 is 1.08 bits per heavy atom. The van der Waals surface area contributed by atoms with E-state index in [1.807, 2.05) is 72.5 Å². The number of morpholine rings is 1. The number of rotatable bonds is 5. The molecule has 0 N–H and O–H groups in total. The molecule has 2 aromatic carbocycles. The summed E-state index contributed by atoms with van der Waals surface area (Å²) < 4.78 is 10.7. The fourth-order valence-electron chi connectivity index (χ4n) is 3.29. The third-order valence-corrected chi connectivity index (χ3v) is 4.59. The van der Waals surface area contributed by atoms with E-state index in [0.29, 0.717) is 6.54 Å². The maximum absolute atomic E-state index is 12.5. The van der Waals surface area contributed by atoms with Gasteiger partial charge in [-0.1, -0.05) is 60.7 Å². The molecule has 26 heavy (non-hydrogen) atoms. The highest BCUT2D eigenvalue weighted by Crippen LogP contribution is 2.35. The van der Waals surface area contributed by atoms with Crippen LogP contribution >= 0.6 is 0 Å². The van der Waals surface area contributed by atoms with Crippen molar-refractivity contribution < 1.29 is 19.1 Å². The van der Waals surface area contributed by atoms with E-state index in [2.05, 4.69) is 0 Å². The molecule has 1 aliphatic rings. The van der Waals surface area contributed by atoms with Crippen LogP contribution in [-0.4, -0.2) is 35.6 Å². The summed E-state index contributed by atoms with van der Waals surface area (Å²) in [7, 11) is 0. The summed E-state index contributed by atoms with van der Waals surface area (Å²) in [4.78, 5) is 26.9. The molecule has 136 valence electrons. The minimum absolute atomic E-state index is 0.239. The minimum Gasteiger partial charge on any atom is -0.463 e. The van der Waals surface area contributed by atoms with Crippen molar-refractivity contribution in [1.82, 2.24) is 4.90 Å². The zero-order chi connectivity index (χ0) is 18.5. The number of benzene rings is 2. The van der Waals surface area contributed by atoms with Crippen LogP contribution in [0.2, 0.25) is 0 Å². The molecule has 5 heteroatoms. The third-order valence-electron chi connectivity index (χ3n) is 4.59. The molecular weight excluding hydrogens is 330 g/mol. The Kier molecular flexibility index (Phi) is 5.68. The average molecular weight is 353 g/mol. The van der Waals surface area contributed by atoms with Gasteiger partial charge in [0.15, 0.2) is 0 Å². The first kappa shape index (κ1) is 18.1. The van der Waals surface area contributed by atoms with Gasteiger partial charge in [-0.3, -0.25) is 9.69 Å². The molecule has 3 atom stereocenters. The van der Waals surface area contributed by atoms with E-state index in [1.54, 1.807) is 6.92 Å². The first-order valence-electron chi connectivity index (χ1n) is 8.83. The van der Waals surface area contributed by atoms with Crippen molar-refractivity contribution in [3.8, 4) is 0 Å². The molecule has 1 heterocycles. The van der Waals surface area contributed by atoms with Crippen molar-refractivity contribution in [1.29, 1.82) is 0 Å². The molecule has 0 aromatic heterocycles. The SMILES string of the molecule is CCOC(=O)[C@@H]1OC(=O)C(C)N(Cc2ccccc2)[C@@H]1c1ccccc1. The molecule has 0 spiro atoms. The Labute approximate surface area is 153 Å². The van der Waals surface area contributed by atoms with E-state index in [0.717, 1.165) is 11.1 Å². The lowest BCUT2D eigenvalue weighted by molar-refractivity contribution is -0.189. The predicted octanol–water partition coefficient (Wildman–Crippen LogP) is 3.11. The second-order valence-corrected chi connectivity index (χ2v) is 6.30. The van der Waals surface area contributed by atoms with Gasteiger partial charge in [0, 0.05) is 6.54 Å². The lowest BCUT2D eigenvalue weighted by Crippen LogP contribution is -2.55. The standard InChI is InChI=1S/C21H23NO4/c1-3-25-21(24)19-18(17-12-8-5-9-13-17)22(15(2)20(23)26-19)14-16-10-6-4-7-11-16/h4-13,15,18-19H,3,14H2,1-2H3/t15?,18-,19-/m1/s1. The van der Waals surface area contributed by atoms with Crippen LogP contribution in [0.25, 0.3) is 0 Å². The first-order chi connectivity index (χ1) is 12.6. The molecule has 0 aliphatic carbocycles. The summed E-state index contributed by atoms with van der Waals surface area (Å²) in [5.41, 5.74) is 1.98. The topological polar surface area (TPSA) is 55.8 Å². The van der Waals surface area contributed by atoms with Crippen LogP contribution in [0.4, 0.5) is 0 Å². The highest BCUT2D eigenvalue weighted by atomic mass is 16.6. The fourth-order valence-corrected chi connectivity index (χ4v) is 3.29. The summed E-state index contributed by atoms with van der Waals surface area (Å²) in [6, 6.07) is 18.7. The smallest absolute Gasteiger partial charge is 0.349 e. The van der Waals surface area contributed by atoms with Gasteiger partial charge >= 0.3 is 11.9 Å². The van der Waals surface area contributed by atoms with Gasteiger partial charge in [-0.05, 0) is 25.0 Å². The Morgan fingerprint density at radius 3 is 2.31 bits per heavy atom. The van der Waals surface area contributed by atoms with Gasteiger partial charge in [0.05, 0.1) is 12.6 Å². The van der Waals surface area contributed by atoms with E-state index in [-0.39, 0.29) is 6.61 Å². The van der Waals surface area contributed by atoms with E-state index in [4.69, 9.17) is 9.47 Å². The van der Waals surface area contributed by atoms with Crippen LogP contribution in [0.1, 0.15) is 31.0 Å². The number of hydrogen-bond acceptors (Lipinski definition) is 5. The van der Waals surface area contributed by atoms with Crippen molar-refractivity contribution >= 4 is 11.9 Å². The quantitative estimate of drug-likeness (QED) is 0.773. The van der Waals surface area contributed by atoms with Gasteiger partial charge < -0.3 is 9.47 Å². The van der Waals surface area contributed by atoms with Gasteiger partial charge in [0.2, 0.25) is 6.10 Å². The Morgan fingerprint density at radius 2 is 1.69 bits per heavy atom. The summed E-state index contributed by atoms with van der Waals surface area (Å²) in [5, 5.41) is 0. The van der Waals surface area contributed by atoms with Crippen molar-refractivity contribution in [2.45, 2.75) is 38.6 Å². The van der Waals surface area contributed by atoms with Gasteiger partial charge in [-0.15, -0.1) is 0 Å². The van der Waals surface area contributed by atoms with Gasteiger partial charge in [0.25, 0.3) is 0 Å². The molecular formula is C21H23NO4.